The van der Waals surface area contributed by atoms with Crippen LogP contribution in [0, 0.1) is 0 Å². The fourth-order valence-corrected chi connectivity index (χ4v) is 2.18. The number of nitrogens with one attached hydrogen (secondary N) is 1. The van der Waals surface area contributed by atoms with Gasteiger partial charge in [0.25, 0.3) is 0 Å². The second-order valence-electron chi connectivity index (χ2n) is 3.71. The Labute approximate surface area is 112 Å². The lowest BCUT2D eigenvalue weighted by atomic mass is 10.2. The summed E-state index contributed by atoms with van der Waals surface area (Å²) in [6, 6.07) is 0.586. The number of carboxylic acid groups (broad SMARTS) is 1. The van der Waals surface area contributed by atoms with Crippen LogP contribution in [-0.2, 0) is 11.8 Å². The smallest absolute Gasteiger partial charge is 0.326 e. The van der Waals surface area contributed by atoms with E-state index in [-0.39, 0.29) is 0 Å². The first-order chi connectivity index (χ1) is 9.01. The van der Waals surface area contributed by atoms with Crippen molar-refractivity contribution in [2.75, 3.05) is 12.4 Å². The number of aliphatic carboxylic acids is 1. The van der Waals surface area contributed by atoms with Gasteiger partial charge in [0.2, 0.25) is 5.88 Å². The molecule has 0 aliphatic carbocycles. The molecule has 102 valence electrons. The fraction of sp³-hybridized carbons (Fsp3) is 0.300. The maximum Gasteiger partial charge on any atom is 0.326 e. The van der Waals surface area contributed by atoms with Crippen molar-refractivity contribution in [3.8, 4) is 5.88 Å². The van der Waals surface area contributed by atoms with Crippen LogP contribution in [0.15, 0.2) is 11.4 Å². The minimum Gasteiger partial charge on any atom is -0.481 e. The molecule has 2 aromatic heterocycles. The number of aryl methyl sites for hydroxylation is 1. The molecule has 0 spiro atoms. The average Bonchev–Trinajstić information content (AvgIpc) is 2.95. The molecule has 0 saturated heterocycles. The van der Waals surface area contributed by atoms with Crippen LogP contribution in [0.2, 0.25) is 0 Å². The van der Waals surface area contributed by atoms with Crippen LogP contribution in [-0.4, -0.2) is 33.0 Å². The zero-order chi connectivity index (χ0) is 14.0. The van der Waals surface area contributed by atoms with Crippen LogP contribution in [0.5, 0.6) is 5.88 Å². The highest BCUT2D eigenvalue weighted by Crippen LogP contribution is 2.24. The highest BCUT2D eigenvalue weighted by Gasteiger charge is 2.18. The number of methoxy groups -OCH3 is 1. The molecule has 0 amide bonds. The molecule has 0 saturated carbocycles. The third kappa shape index (κ3) is 2.83. The monoisotopic (exact) mass is 283 g/mol. The first kappa shape index (κ1) is 13.3. The zero-order valence-electron chi connectivity index (χ0n) is 10.3. The molecule has 0 aliphatic rings. The van der Waals surface area contributed by atoms with Gasteiger partial charge in [0.15, 0.2) is 10.9 Å². The van der Waals surface area contributed by atoms with E-state index >= 15 is 0 Å². The van der Waals surface area contributed by atoms with E-state index in [1.54, 1.807) is 30.3 Å². The average molecular weight is 283 g/mol. The van der Waals surface area contributed by atoms with Crippen LogP contribution >= 0.6 is 11.3 Å². The minimum absolute atomic E-state index is 0.308. The summed E-state index contributed by atoms with van der Waals surface area (Å²) in [5.74, 6) is 0.0435. The number of hydrogen-bond acceptors (Lipinski definition) is 7. The Morgan fingerprint density at radius 3 is 3.00 bits per heavy atom. The second-order valence-corrected chi connectivity index (χ2v) is 4.57. The number of hydrogen-bond donors (Lipinski definition) is 3. The normalized spacial score (nSPS) is 12.2. The van der Waals surface area contributed by atoms with Crippen molar-refractivity contribution >= 4 is 28.3 Å². The molecule has 2 aromatic rings. The molecule has 2 heterocycles. The van der Waals surface area contributed by atoms with E-state index in [0.29, 0.717) is 22.5 Å². The van der Waals surface area contributed by atoms with Gasteiger partial charge < -0.3 is 20.9 Å². The first-order valence-corrected chi connectivity index (χ1v) is 6.18. The van der Waals surface area contributed by atoms with E-state index in [1.165, 1.54) is 11.3 Å². The predicted octanol–water partition coefficient (Wildman–Crippen LogP) is 0.713. The van der Waals surface area contributed by atoms with E-state index in [4.69, 9.17) is 15.6 Å². The number of thiazole rings is 1. The Bertz CT molecular complexity index is 594. The van der Waals surface area contributed by atoms with Crippen LogP contribution < -0.4 is 15.8 Å². The summed E-state index contributed by atoms with van der Waals surface area (Å²) in [5.41, 5.74) is 5.78. The topological polar surface area (TPSA) is 115 Å². The van der Waals surface area contributed by atoms with Crippen molar-refractivity contribution in [3.63, 3.8) is 0 Å². The fourth-order valence-electron chi connectivity index (χ4n) is 1.42. The number of anilines is 2. The van der Waals surface area contributed by atoms with Gasteiger partial charge in [-0.3, -0.25) is 4.79 Å². The molecule has 9 heteroatoms. The van der Waals surface area contributed by atoms with Crippen LogP contribution in [0.4, 0.5) is 10.9 Å². The SMILES string of the molecule is COc1cc(Nc2nc(C(N)C(=O)O)cs2)nn1C. The zero-order valence-corrected chi connectivity index (χ0v) is 11.1. The van der Waals surface area contributed by atoms with Crippen molar-refractivity contribution in [2.45, 2.75) is 6.04 Å². The Morgan fingerprint density at radius 1 is 1.68 bits per heavy atom. The largest absolute Gasteiger partial charge is 0.481 e. The molecule has 0 bridgehead atoms. The first-order valence-electron chi connectivity index (χ1n) is 5.30. The van der Waals surface area contributed by atoms with Crippen molar-refractivity contribution < 1.29 is 14.6 Å². The number of carbonyl (C=O) groups is 1. The van der Waals surface area contributed by atoms with Gasteiger partial charge in [-0.25, -0.2) is 9.67 Å². The summed E-state index contributed by atoms with van der Waals surface area (Å²) in [6.07, 6.45) is 0. The standard InChI is InChI=1S/C10H13N5O3S/c1-15-7(18-2)3-6(14-15)13-10-12-5(4-19-10)8(11)9(16)17/h3-4,8H,11H2,1-2H3,(H,16,17)(H,12,13,14). The van der Waals surface area contributed by atoms with Crippen molar-refractivity contribution in [2.24, 2.45) is 12.8 Å². The van der Waals surface area contributed by atoms with E-state index < -0.39 is 12.0 Å². The van der Waals surface area contributed by atoms with Gasteiger partial charge >= 0.3 is 5.97 Å². The Morgan fingerprint density at radius 2 is 2.42 bits per heavy atom. The number of nitrogens with zero attached hydrogens (tertiary/aromatic N) is 3. The Balaban J connectivity index is 2.13. The molecule has 2 rings (SSSR count). The van der Waals surface area contributed by atoms with Crippen LogP contribution in [0.1, 0.15) is 11.7 Å². The Hall–Kier alpha value is -2.13. The molecule has 0 fully saturated rings. The third-order valence-corrected chi connectivity index (χ3v) is 3.16. The summed E-state index contributed by atoms with van der Waals surface area (Å²) in [5, 5.41) is 18.0. The van der Waals surface area contributed by atoms with Gasteiger partial charge in [-0.15, -0.1) is 11.3 Å². The molecule has 0 aromatic carbocycles. The van der Waals surface area contributed by atoms with Gasteiger partial charge in [0, 0.05) is 18.5 Å². The molecule has 1 atom stereocenters. The van der Waals surface area contributed by atoms with Gasteiger partial charge in [-0.05, 0) is 0 Å². The number of carboxylic acids is 1. The number of rotatable bonds is 5. The van der Waals surface area contributed by atoms with E-state index in [2.05, 4.69) is 15.4 Å². The summed E-state index contributed by atoms with van der Waals surface area (Å²) in [7, 11) is 3.30. The van der Waals surface area contributed by atoms with E-state index in [1.807, 2.05) is 0 Å². The lowest BCUT2D eigenvalue weighted by Crippen LogP contribution is -2.20. The number of aromatic nitrogens is 3. The lowest BCUT2D eigenvalue weighted by Gasteiger charge is -2.00. The predicted molar refractivity (Wildman–Crippen MR) is 69.7 cm³/mol. The maximum absolute atomic E-state index is 10.7. The molecule has 0 radical (unpaired) electrons. The van der Waals surface area contributed by atoms with Crippen molar-refractivity contribution in [1.29, 1.82) is 0 Å². The number of nitrogens with two attached hydrogens (primary N) is 1. The minimum atomic E-state index is -1.12. The number of ether oxygens (including phenoxy) is 1. The van der Waals surface area contributed by atoms with Crippen LogP contribution in [0.25, 0.3) is 0 Å². The van der Waals surface area contributed by atoms with Crippen molar-refractivity contribution in [1.82, 2.24) is 14.8 Å². The summed E-state index contributed by atoms with van der Waals surface area (Å²) in [4.78, 5) is 14.8. The van der Waals surface area contributed by atoms with E-state index in [9.17, 15) is 4.79 Å². The maximum atomic E-state index is 10.7. The highest BCUT2D eigenvalue weighted by atomic mass is 32.1. The Kier molecular flexibility index (Phi) is 3.67. The molecule has 0 aliphatic heterocycles. The van der Waals surface area contributed by atoms with Gasteiger partial charge in [0.05, 0.1) is 12.8 Å². The molecule has 19 heavy (non-hydrogen) atoms. The van der Waals surface area contributed by atoms with Gasteiger partial charge in [-0.1, -0.05) is 0 Å². The highest BCUT2D eigenvalue weighted by molar-refractivity contribution is 7.13. The van der Waals surface area contributed by atoms with E-state index in [0.717, 1.165) is 0 Å². The van der Waals surface area contributed by atoms with Crippen LogP contribution in [0.3, 0.4) is 0 Å². The third-order valence-electron chi connectivity index (χ3n) is 2.39. The molecular formula is C10H13N5O3S. The quantitative estimate of drug-likeness (QED) is 0.740. The lowest BCUT2D eigenvalue weighted by molar-refractivity contribution is -0.138. The summed E-state index contributed by atoms with van der Waals surface area (Å²) >= 11 is 1.26. The second kappa shape index (κ2) is 5.24. The molecule has 1 unspecified atom stereocenters. The van der Waals surface area contributed by atoms with Crippen molar-refractivity contribution in [3.05, 3.63) is 17.1 Å². The summed E-state index contributed by atoms with van der Waals surface area (Å²) in [6.45, 7) is 0. The molecule has 8 nitrogen and oxygen atoms in total. The van der Waals surface area contributed by atoms with Gasteiger partial charge in [0.1, 0.15) is 6.04 Å². The summed E-state index contributed by atoms with van der Waals surface area (Å²) < 4.78 is 6.65. The van der Waals surface area contributed by atoms with Gasteiger partial charge in [-0.2, -0.15) is 5.10 Å². The molecular weight excluding hydrogens is 270 g/mol. The molecule has 4 N–H and O–H groups in total.